The molecule has 0 saturated carbocycles. The Bertz CT molecular complexity index is 1020. The van der Waals surface area contributed by atoms with Crippen molar-refractivity contribution in [2.45, 2.75) is 33.1 Å². The second-order valence-electron chi connectivity index (χ2n) is 7.75. The molecule has 0 fully saturated rings. The van der Waals surface area contributed by atoms with Crippen LogP contribution in [0.4, 0.5) is 14.5 Å². The maximum atomic E-state index is 14.3. The number of nitrogens with zero attached hydrogens (tertiary/aromatic N) is 2. The molecule has 0 bridgehead atoms. The van der Waals surface area contributed by atoms with Crippen LogP contribution in [-0.4, -0.2) is 34.6 Å². The van der Waals surface area contributed by atoms with Gasteiger partial charge in [0.2, 0.25) is 0 Å². The van der Waals surface area contributed by atoms with E-state index in [9.17, 15) is 13.6 Å². The van der Waals surface area contributed by atoms with Crippen molar-refractivity contribution in [3.63, 3.8) is 0 Å². The number of carbonyl (C=O) groups excluding carboxylic acids is 1. The number of nitrogens with one attached hydrogen (secondary N) is 2. The molecule has 0 saturated heterocycles. The van der Waals surface area contributed by atoms with Gasteiger partial charge in [-0.2, -0.15) is 0 Å². The van der Waals surface area contributed by atoms with Crippen molar-refractivity contribution in [3.05, 3.63) is 42.4 Å². The number of hydrogen-bond acceptors (Lipinski definition) is 5. The van der Waals surface area contributed by atoms with E-state index in [2.05, 4.69) is 27.2 Å². The summed E-state index contributed by atoms with van der Waals surface area (Å²) in [5.74, 6) is -0.576. The summed E-state index contributed by atoms with van der Waals surface area (Å²) in [6.07, 6.45) is 6.17. The molecule has 0 aromatic carbocycles. The van der Waals surface area contributed by atoms with Gasteiger partial charge in [0.05, 0.1) is 30.9 Å². The van der Waals surface area contributed by atoms with E-state index in [-0.39, 0.29) is 17.8 Å². The molecule has 0 radical (unpaired) electrons. The average molecular weight is 416 g/mol. The quantitative estimate of drug-likeness (QED) is 0.484. The molecule has 2 N–H and O–H groups in total. The van der Waals surface area contributed by atoms with Gasteiger partial charge in [-0.1, -0.05) is 13.8 Å². The van der Waals surface area contributed by atoms with Gasteiger partial charge in [-0.3, -0.25) is 9.78 Å². The fraction of sp³-hybridized carbons (Fsp3) is 0.409. The van der Waals surface area contributed by atoms with Gasteiger partial charge in [0.25, 0.3) is 0 Å². The lowest BCUT2D eigenvalue weighted by Gasteiger charge is -2.17. The first-order chi connectivity index (χ1) is 14.4. The highest BCUT2D eigenvalue weighted by Gasteiger charge is 2.14. The molecule has 2 unspecified atom stereocenters. The lowest BCUT2D eigenvalue weighted by Crippen LogP contribution is -2.14. The van der Waals surface area contributed by atoms with E-state index in [4.69, 9.17) is 4.74 Å². The van der Waals surface area contributed by atoms with Crippen molar-refractivity contribution in [3.8, 4) is 11.3 Å². The van der Waals surface area contributed by atoms with Crippen LogP contribution in [0.25, 0.3) is 22.3 Å². The van der Waals surface area contributed by atoms with Crippen molar-refractivity contribution in [1.29, 1.82) is 0 Å². The zero-order chi connectivity index (χ0) is 21.7. The molecule has 0 aliphatic carbocycles. The minimum atomic E-state index is -0.450. The molecular formula is C22H26F2N4O2. The molecule has 160 valence electrons. The monoisotopic (exact) mass is 416 g/mol. The Morgan fingerprint density at radius 2 is 1.93 bits per heavy atom. The normalized spacial score (nSPS) is 13.2. The third kappa shape index (κ3) is 5.31. The molecule has 2 atom stereocenters. The Hall–Kier alpha value is -3.03. The van der Waals surface area contributed by atoms with Crippen LogP contribution in [0.15, 0.2) is 30.7 Å². The second kappa shape index (κ2) is 9.65. The van der Waals surface area contributed by atoms with Crippen LogP contribution in [0.1, 0.15) is 33.1 Å². The summed E-state index contributed by atoms with van der Waals surface area (Å²) in [6, 6.07) is 3.00. The van der Waals surface area contributed by atoms with E-state index in [1.807, 2.05) is 6.92 Å². The summed E-state index contributed by atoms with van der Waals surface area (Å²) < 4.78 is 32.6. The topological polar surface area (TPSA) is 79.9 Å². The minimum absolute atomic E-state index is 0.202. The van der Waals surface area contributed by atoms with Gasteiger partial charge in [-0.25, -0.2) is 13.8 Å². The van der Waals surface area contributed by atoms with Gasteiger partial charge in [0.1, 0.15) is 11.5 Å². The van der Waals surface area contributed by atoms with E-state index >= 15 is 0 Å². The predicted molar refractivity (Wildman–Crippen MR) is 112 cm³/mol. The maximum absolute atomic E-state index is 14.3. The van der Waals surface area contributed by atoms with Crippen LogP contribution in [0.5, 0.6) is 0 Å². The first-order valence-electron chi connectivity index (χ1n) is 9.96. The summed E-state index contributed by atoms with van der Waals surface area (Å²) in [5.41, 5.74) is 2.07. The third-order valence-corrected chi connectivity index (χ3v) is 5.17. The fourth-order valence-corrected chi connectivity index (χ4v) is 3.34. The van der Waals surface area contributed by atoms with Gasteiger partial charge >= 0.3 is 5.97 Å². The number of fused-ring (bicyclic) bond motifs is 1. The van der Waals surface area contributed by atoms with Gasteiger partial charge in [0.15, 0.2) is 5.82 Å². The number of hydrogen-bond donors (Lipinski definition) is 2. The lowest BCUT2D eigenvalue weighted by molar-refractivity contribution is -0.141. The van der Waals surface area contributed by atoms with Crippen LogP contribution in [0.2, 0.25) is 0 Å². The third-order valence-electron chi connectivity index (χ3n) is 5.17. The van der Waals surface area contributed by atoms with Crippen LogP contribution in [0.3, 0.4) is 0 Å². The smallest absolute Gasteiger partial charge is 0.305 e. The Balaban J connectivity index is 1.64. The van der Waals surface area contributed by atoms with Gasteiger partial charge in [-0.15, -0.1) is 0 Å². The summed E-state index contributed by atoms with van der Waals surface area (Å²) in [5, 5.41) is 3.73. The SMILES string of the molecule is COC(=O)CC(C)CCC(C)CNc1cc(-c2c[nH]c3ncc(F)cc23)ncc1F. The Kier molecular flexibility index (Phi) is 6.97. The summed E-state index contributed by atoms with van der Waals surface area (Å²) in [4.78, 5) is 22.5. The number of esters is 1. The first-order valence-corrected chi connectivity index (χ1v) is 9.96. The fourth-order valence-electron chi connectivity index (χ4n) is 3.34. The average Bonchev–Trinajstić information content (AvgIpc) is 3.14. The van der Waals surface area contributed by atoms with Crippen LogP contribution < -0.4 is 5.32 Å². The molecule has 6 nitrogen and oxygen atoms in total. The number of aromatic nitrogens is 3. The lowest BCUT2D eigenvalue weighted by atomic mass is 9.96. The highest BCUT2D eigenvalue weighted by Crippen LogP contribution is 2.29. The first kappa shape index (κ1) is 21.7. The summed E-state index contributed by atoms with van der Waals surface area (Å²) >= 11 is 0. The van der Waals surface area contributed by atoms with E-state index < -0.39 is 11.6 Å². The number of ether oxygens (including phenoxy) is 1. The standard InChI is InChI=1S/C22H26F2N4O2/c1-13(6-21(29)30-3)4-5-14(2)9-25-20-8-19(26-12-18(20)24)17-11-28-22-16(17)7-15(23)10-27-22/h7-8,10-14H,4-6,9H2,1-3H3,(H,25,26)(H,27,28). The molecule has 3 rings (SSSR count). The van der Waals surface area contributed by atoms with E-state index in [0.29, 0.717) is 40.9 Å². The molecule has 3 heterocycles. The molecule has 0 aliphatic heterocycles. The number of pyridine rings is 2. The molecule has 0 amide bonds. The molecular weight excluding hydrogens is 390 g/mol. The number of carbonyl (C=O) groups is 1. The number of anilines is 1. The summed E-state index contributed by atoms with van der Waals surface area (Å²) in [7, 11) is 1.39. The minimum Gasteiger partial charge on any atom is -0.469 e. The number of rotatable bonds is 9. The highest BCUT2D eigenvalue weighted by atomic mass is 19.1. The van der Waals surface area contributed by atoms with Gasteiger partial charge in [-0.05, 0) is 36.8 Å². The second-order valence-corrected chi connectivity index (χ2v) is 7.75. The largest absolute Gasteiger partial charge is 0.469 e. The van der Waals surface area contributed by atoms with Crippen molar-refractivity contribution >= 4 is 22.7 Å². The molecule has 0 aliphatic rings. The number of H-pyrrole nitrogens is 1. The Morgan fingerprint density at radius 3 is 2.70 bits per heavy atom. The van der Waals surface area contributed by atoms with Gasteiger partial charge < -0.3 is 15.0 Å². The number of aromatic amines is 1. The van der Waals surface area contributed by atoms with Crippen LogP contribution >= 0.6 is 0 Å². The molecule has 3 aromatic heterocycles. The van der Waals surface area contributed by atoms with Crippen molar-refractivity contribution in [2.24, 2.45) is 11.8 Å². The highest BCUT2D eigenvalue weighted by molar-refractivity contribution is 5.92. The number of halogens is 2. The number of methoxy groups -OCH3 is 1. The molecule has 8 heteroatoms. The molecule has 30 heavy (non-hydrogen) atoms. The van der Waals surface area contributed by atoms with Crippen LogP contribution in [-0.2, 0) is 9.53 Å². The van der Waals surface area contributed by atoms with E-state index in [0.717, 1.165) is 25.2 Å². The van der Waals surface area contributed by atoms with Crippen molar-refractivity contribution < 1.29 is 18.3 Å². The van der Waals surface area contributed by atoms with Crippen molar-refractivity contribution in [2.75, 3.05) is 19.0 Å². The van der Waals surface area contributed by atoms with Gasteiger partial charge in [0, 0.05) is 30.1 Å². The Morgan fingerprint density at radius 1 is 1.17 bits per heavy atom. The predicted octanol–water partition coefficient (Wildman–Crippen LogP) is 4.93. The van der Waals surface area contributed by atoms with E-state index in [1.165, 1.54) is 13.2 Å². The van der Waals surface area contributed by atoms with Crippen molar-refractivity contribution in [1.82, 2.24) is 15.0 Å². The zero-order valence-electron chi connectivity index (χ0n) is 17.3. The maximum Gasteiger partial charge on any atom is 0.305 e. The molecule has 0 spiro atoms. The van der Waals surface area contributed by atoms with Crippen LogP contribution in [0, 0.1) is 23.5 Å². The summed E-state index contributed by atoms with van der Waals surface area (Å²) in [6.45, 7) is 4.67. The Labute approximate surface area is 174 Å². The molecule has 3 aromatic rings. The zero-order valence-corrected chi connectivity index (χ0v) is 17.3. The van der Waals surface area contributed by atoms with E-state index in [1.54, 1.807) is 12.3 Å².